The SMILES string of the molecule is O=C[C@H](F)[C@@H](F)[C@H](O)[C@H](O)CO. The molecule has 12 heavy (non-hydrogen) atoms. The first-order chi connectivity index (χ1) is 5.54. The standard InChI is InChI=1S/C6H10F2O4/c7-3(1-9)5(8)6(12)4(11)2-10/h1,3-6,10-12H,2H2/t3-,4+,5+,6+/m0/s1. The second-order valence-corrected chi connectivity index (χ2v) is 2.27. The summed E-state index contributed by atoms with van der Waals surface area (Å²) >= 11 is 0. The molecule has 6 heteroatoms. The highest BCUT2D eigenvalue weighted by molar-refractivity contribution is 5.56. The molecule has 0 unspecified atom stereocenters. The largest absolute Gasteiger partial charge is 0.394 e. The van der Waals surface area contributed by atoms with Crippen LogP contribution in [0.4, 0.5) is 8.78 Å². The number of hydrogen-bond acceptors (Lipinski definition) is 4. The van der Waals surface area contributed by atoms with Gasteiger partial charge in [-0.15, -0.1) is 0 Å². The van der Waals surface area contributed by atoms with Gasteiger partial charge in [-0.05, 0) is 0 Å². The van der Waals surface area contributed by atoms with E-state index in [0.29, 0.717) is 0 Å². The van der Waals surface area contributed by atoms with Crippen molar-refractivity contribution < 1.29 is 28.9 Å². The van der Waals surface area contributed by atoms with Gasteiger partial charge in [0, 0.05) is 0 Å². The molecule has 0 saturated heterocycles. The summed E-state index contributed by atoms with van der Waals surface area (Å²) in [4.78, 5) is 9.69. The van der Waals surface area contributed by atoms with E-state index in [9.17, 15) is 13.6 Å². The first-order valence-electron chi connectivity index (χ1n) is 3.25. The van der Waals surface area contributed by atoms with Crippen molar-refractivity contribution in [3.8, 4) is 0 Å². The van der Waals surface area contributed by atoms with Gasteiger partial charge in [0.25, 0.3) is 0 Å². The van der Waals surface area contributed by atoms with E-state index in [2.05, 4.69) is 0 Å². The Balaban J connectivity index is 4.07. The van der Waals surface area contributed by atoms with Crippen LogP contribution in [0.1, 0.15) is 0 Å². The summed E-state index contributed by atoms with van der Waals surface area (Å²) in [7, 11) is 0. The molecule has 0 aliphatic rings. The maximum absolute atomic E-state index is 12.5. The lowest BCUT2D eigenvalue weighted by Crippen LogP contribution is -2.42. The lowest BCUT2D eigenvalue weighted by atomic mass is 10.1. The third kappa shape index (κ3) is 2.80. The zero-order chi connectivity index (χ0) is 9.72. The Bertz CT molecular complexity index is 144. The predicted molar refractivity (Wildman–Crippen MR) is 35.0 cm³/mol. The van der Waals surface area contributed by atoms with Crippen LogP contribution in [0.2, 0.25) is 0 Å². The molecule has 0 spiro atoms. The van der Waals surface area contributed by atoms with Gasteiger partial charge in [-0.3, -0.25) is 4.79 Å². The molecule has 0 amide bonds. The molecule has 0 saturated carbocycles. The molecule has 0 aromatic heterocycles. The number of aliphatic hydroxyl groups excluding tert-OH is 3. The number of rotatable bonds is 5. The molecule has 0 fully saturated rings. The van der Waals surface area contributed by atoms with Crippen molar-refractivity contribution >= 4 is 6.29 Å². The van der Waals surface area contributed by atoms with Gasteiger partial charge in [0.05, 0.1) is 6.61 Å². The van der Waals surface area contributed by atoms with Crippen LogP contribution in [-0.4, -0.2) is 52.8 Å². The minimum atomic E-state index is -2.51. The molecule has 0 radical (unpaired) electrons. The van der Waals surface area contributed by atoms with Gasteiger partial charge in [-0.25, -0.2) is 8.78 Å². The summed E-state index contributed by atoms with van der Waals surface area (Å²) in [6, 6.07) is 0. The highest BCUT2D eigenvalue weighted by atomic mass is 19.2. The van der Waals surface area contributed by atoms with E-state index in [-0.39, 0.29) is 6.29 Å². The Morgan fingerprint density at radius 2 is 1.83 bits per heavy atom. The monoisotopic (exact) mass is 184 g/mol. The van der Waals surface area contributed by atoms with Crippen molar-refractivity contribution in [1.82, 2.24) is 0 Å². The molecule has 4 nitrogen and oxygen atoms in total. The summed E-state index contributed by atoms with van der Waals surface area (Å²) in [6.07, 6.45) is -9.18. The maximum Gasteiger partial charge on any atom is 0.189 e. The van der Waals surface area contributed by atoms with E-state index in [1.54, 1.807) is 0 Å². The third-order valence-corrected chi connectivity index (χ3v) is 1.34. The third-order valence-electron chi connectivity index (χ3n) is 1.34. The molecule has 72 valence electrons. The quantitative estimate of drug-likeness (QED) is 0.458. The number of carbonyl (C=O) groups excluding carboxylic acids is 1. The highest BCUT2D eigenvalue weighted by Gasteiger charge is 2.32. The number of carbonyl (C=O) groups is 1. The van der Waals surface area contributed by atoms with Crippen LogP contribution in [-0.2, 0) is 4.79 Å². The topological polar surface area (TPSA) is 77.8 Å². The van der Waals surface area contributed by atoms with Gasteiger partial charge >= 0.3 is 0 Å². The normalized spacial score (nSPS) is 21.1. The van der Waals surface area contributed by atoms with Crippen LogP contribution in [0.3, 0.4) is 0 Å². The van der Waals surface area contributed by atoms with Crippen molar-refractivity contribution in [2.75, 3.05) is 6.61 Å². The number of alkyl halides is 2. The molecule has 0 aliphatic heterocycles. The summed E-state index contributed by atoms with van der Waals surface area (Å²) in [5, 5.41) is 25.5. The van der Waals surface area contributed by atoms with Crippen molar-refractivity contribution in [2.24, 2.45) is 0 Å². The Morgan fingerprint density at radius 1 is 1.33 bits per heavy atom. The number of aldehydes is 1. The molecular formula is C6H10F2O4. The fourth-order valence-electron chi connectivity index (χ4n) is 0.584. The van der Waals surface area contributed by atoms with E-state index in [1.807, 2.05) is 0 Å². The van der Waals surface area contributed by atoms with Crippen molar-refractivity contribution in [1.29, 1.82) is 0 Å². The summed E-state index contributed by atoms with van der Waals surface area (Å²) < 4.78 is 24.7. The van der Waals surface area contributed by atoms with Gasteiger partial charge in [0.15, 0.2) is 18.6 Å². The molecular weight excluding hydrogens is 174 g/mol. The van der Waals surface area contributed by atoms with E-state index in [1.165, 1.54) is 0 Å². The number of hydrogen-bond donors (Lipinski definition) is 3. The van der Waals surface area contributed by atoms with E-state index in [0.717, 1.165) is 0 Å². The second-order valence-electron chi connectivity index (χ2n) is 2.27. The van der Waals surface area contributed by atoms with Crippen molar-refractivity contribution in [2.45, 2.75) is 24.6 Å². The number of aliphatic hydroxyl groups is 3. The van der Waals surface area contributed by atoms with E-state index >= 15 is 0 Å². The molecule has 0 rings (SSSR count). The van der Waals surface area contributed by atoms with Crippen molar-refractivity contribution in [3.05, 3.63) is 0 Å². The van der Waals surface area contributed by atoms with Gasteiger partial charge in [0.2, 0.25) is 0 Å². The molecule has 0 bridgehead atoms. The molecule has 4 atom stereocenters. The Morgan fingerprint density at radius 3 is 2.17 bits per heavy atom. The van der Waals surface area contributed by atoms with Gasteiger partial charge in [-0.1, -0.05) is 0 Å². The minimum Gasteiger partial charge on any atom is -0.394 e. The Hall–Kier alpha value is -0.590. The lowest BCUT2D eigenvalue weighted by Gasteiger charge is -2.19. The van der Waals surface area contributed by atoms with Crippen LogP contribution in [0.25, 0.3) is 0 Å². The molecule has 3 N–H and O–H groups in total. The molecule has 0 aliphatic carbocycles. The van der Waals surface area contributed by atoms with E-state index < -0.39 is 31.2 Å². The molecule has 0 heterocycles. The second kappa shape index (κ2) is 5.13. The van der Waals surface area contributed by atoms with Gasteiger partial charge < -0.3 is 15.3 Å². The fourth-order valence-corrected chi connectivity index (χ4v) is 0.584. The number of halogens is 2. The van der Waals surface area contributed by atoms with Gasteiger partial charge in [0.1, 0.15) is 12.2 Å². The van der Waals surface area contributed by atoms with Crippen LogP contribution in [0.15, 0.2) is 0 Å². The first-order valence-corrected chi connectivity index (χ1v) is 3.25. The first kappa shape index (κ1) is 11.4. The highest BCUT2D eigenvalue weighted by Crippen LogP contribution is 2.10. The van der Waals surface area contributed by atoms with Crippen LogP contribution >= 0.6 is 0 Å². The smallest absolute Gasteiger partial charge is 0.189 e. The predicted octanol–water partition coefficient (Wildman–Crippen LogP) is -1.42. The van der Waals surface area contributed by atoms with Crippen LogP contribution in [0.5, 0.6) is 0 Å². The zero-order valence-corrected chi connectivity index (χ0v) is 6.10. The van der Waals surface area contributed by atoms with Crippen molar-refractivity contribution in [3.63, 3.8) is 0 Å². The lowest BCUT2D eigenvalue weighted by molar-refractivity contribution is -0.119. The van der Waals surface area contributed by atoms with Gasteiger partial charge in [-0.2, -0.15) is 0 Å². The Kier molecular flexibility index (Phi) is 4.87. The summed E-state index contributed by atoms with van der Waals surface area (Å²) in [6.45, 7) is -0.896. The summed E-state index contributed by atoms with van der Waals surface area (Å²) in [5.74, 6) is 0. The van der Waals surface area contributed by atoms with E-state index in [4.69, 9.17) is 15.3 Å². The van der Waals surface area contributed by atoms with Crippen LogP contribution < -0.4 is 0 Å². The minimum absolute atomic E-state index is 0.321. The maximum atomic E-state index is 12.5. The molecule has 0 aromatic rings. The Labute approximate surface area is 67.4 Å². The average Bonchev–Trinajstić information content (AvgIpc) is 2.12. The summed E-state index contributed by atoms with van der Waals surface area (Å²) in [5.41, 5.74) is 0. The van der Waals surface area contributed by atoms with Crippen LogP contribution in [0, 0.1) is 0 Å². The molecule has 0 aromatic carbocycles. The average molecular weight is 184 g/mol. The zero-order valence-electron chi connectivity index (χ0n) is 6.10. The fraction of sp³-hybridized carbons (Fsp3) is 0.833.